The normalized spacial score (nSPS) is 19.2. The number of Topliss-reactive ketones (excluding diaryl/α,β-unsaturated/α-hetero) is 1. The number of ketones is 1. The third kappa shape index (κ3) is 3.59. The molecule has 1 aliphatic rings. The summed E-state index contributed by atoms with van der Waals surface area (Å²) in [5, 5.41) is 12.4. The topological polar surface area (TPSA) is 66.4 Å². The summed E-state index contributed by atoms with van der Waals surface area (Å²) in [5.74, 6) is -0.712. The van der Waals surface area contributed by atoms with Crippen molar-refractivity contribution in [2.24, 2.45) is 0 Å². The molecule has 0 saturated heterocycles. The van der Waals surface area contributed by atoms with Gasteiger partial charge in [0.05, 0.1) is 6.04 Å². The molecule has 2 N–H and O–H groups in total. The molecule has 0 radical (unpaired) electrons. The van der Waals surface area contributed by atoms with Crippen LogP contribution in [0.2, 0.25) is 0 Å². The van der Waals surface area contributed by atoms with Crippen LogP contribution in [-0.4, -0.2) is 22.8 Å². The number of hydrogen-bond acceptors (Lipinski definition) is 3. The van der Waals surface area contributed by atoms with Gasteiger partial charge in [-0.15, -0.1) is 0 Å². The van der Waals surface area contributed by atoms with Crippen LogP contribution in [0.4, 0.5) is 0 Å². The zero-order valence-electron chi connectivity index (χ0n) is 11.3. The van der Waals surface area contributed by atoms with Gasteiger partial charge in [0.25, 0.3) is 5.91 Å². The van der Waals surface area contributed by atoms with Crippen LogP contribution in [0.15, 0.2) is 11.3 Å². The second-order valence-electron chi connectivity index (χ2n) is 4.78. The summed E-state index contributed by atoms with van der Waals surface area (Å²) < 4.78 is 0. The maximum Gasteiger partial charge on any atom is 0.259 e. The molecule has 0 saturated carbocycles. The quantitative estimate of drug-likeness (QED) is 0.516. The molecule has 1 unspecified atom stereocenters. The number of aliphatic hydroxyl groups excluding tert-OH is 1. The molecule has 102 valence electrons. The zero-order chi connectivity index (χ0) is 13.5. The summed E-state index contributed by atoms with van der Waals surface area (Å²) in [6.45, 7) is 4.00. The minimum atomic E-state index is -0.419. The van der Waals surface area contributed by atoms with Gasteiger partial charge in [0.1, 0.15) is 11.3 Å². The Balaban J connectivity index is 2.46. The number of nitrogens with one attached hydrogen (secondary N) is 1. The molecule has 1 atom stereocenters. The summed E-state index contributed by atoms with van der Waals surface area (Å²) in [6.07, 6.45) is 6.23. The van der Waals surface area contributed by atoms with Crippen LogP contribution in [0.1, 0.15) is 58.8 Å². The van der Waals surface area contributed by atoms with Crippen LogP contribution in [0.3, 0.4) is 0 Å². The van der Waals surface area contributed by atoms with E-state index in [1.807, 2.05) is 6.92 Å². The fourth-order valence-corrected chi connectivity index (χ4v) is 2.17. The van der Waals surface area contributed by atoms with E-state index in [9.17, 15) is 14.7 Å². The Hall–Kier alpha value is -1.32. The van der Waals surface area contributed by atoms with Crippen molar-refractivity contribution in [2.45, 2.75) is 64.8 Å². The Labute approximate surface area is 108 Å². The van der Waals surface area contributed by atoms with Gasteiger partial charge in [0.15, 0.2) is 5.78 Å². The molecule has 4 heteroatoms. The SMILES string of the molecule is CCCCCCCC(=O)C1=C(O)C(CC)NC1=O. The Morgan fingerprint density at radius 1 is 1.22 bits per heavy atom. The van der Waals surface area contributed by atoms with Crippen molar-refractivity contribution >= 4 is 11.7 Å². The molecule has 0 bridgehead atoms. The second kappa shape index (κ2) is 7.19. The third-order valence-corrected chi connectivity index (χ3v) is 3.31. The van der Waals surface area contributed by atoms with Crippen molar-refractivity contribution in [2.75, 3.05) is 0 Å². The molecule has 0 aliphatic carbocycles. The minimum Gasteiger partial charge on any atom is -0.509 e. The molecular formula is C14H23NO3. The highest BCUT2D eigenvalue weighted by atomic mass is 16.3. The van der Waals surface area contributed by atoms with Gasteiger partial charge in [-0.05, 0) is 12.8 Å². The van der Waals surface area contributed by atoms with Crippen LogP contribution < -0.4 is 5.32 Å². The van der Waals surface area contributed by atoms with Crippen LogP contribution >= 0.6 is 0 Å². The molecule has 0 aromatic rings. The second-order valence-corrected chi connectivity index (χ2v) is 4.78. The first-order chi connectivity index (χ1) is 8.61. The maximum absolute atomic E-state index is 11.9. The molecule has 1 heterocycles. The summed E-state index contributed by atoms with van der Waals surface area (Å²) in [5.41, 5.74) is -0.0164. The van der Waals surface area contributed by atoms with Gasteiger partial charge in [-0.2, -0.15) is 0 Å². The third-order valence-electron chi connectivity index (χ3n) is 3.31. The summed E-state index contributed by atoms with van der Waals surface area (Å²) in [7, 11) is 0. The first kappa shape index (κ1) is 14.7. The van der Waals surface area contributed by atoms with Gasteiger partial charge in [-0.25, -0.2) is 0 Å². The molecule has 1 rings (SSSR count). The highest BCUT2D eigenvalue weighted by Crippen LogP contribution is 2.20. The monoisotopic (exact) mass is 253 g/mol. The lowest BCUT2D eigenvalue weighted by atomic mass is 10.0. The number of aliphatic hydroxyl groups is 1. The van der Waals surface area contributed by atoms with E-state index in [-0.39, 0.29) is 23.2 Å². The van der Waals surface area contributed by atoms with E-state index in [0.29, 0.717) is 12.8 Å². The van der Waals surface area contributed by atoms with Gasteiger partial charge in [-0.3, -0.25) is 9.59 Å². The van der Waals surface area contributed by atoms with Crippen molar-refractivity contribution < 1.29 is 14.7 Å². The van der Waals surface area contributed by atoms with Crippen molar-refractivity contribution in [3.63, 3.8) is 0 Å². The number of carbonyl (C=O) groups is 2. The Kier molecular flexibility index (Phi) is 5.89. The number of hydrogen-bond donors (Lipinski definition) is 2. The lowest BCUT2D eigenvalue weighted by Crippen LogP contribution is -2.28. The summed E-state index contributed by atoms with van der Waals surface area (Å²) in [4.78, 5) is 23.5. The molecule has 0 fully saturated rings. The predicted molar refractivity (Wildman–Crippen MR) is 70.3 cm³/mol. The molecule has 4 nitrogen and oxygen atoms in total. The van der Waals surface area contributed by atoms with Gasteiger partial charge < -0.3 is 10.4 Å². The van der Waals surface area contributed by atoms with Crippen LogP contribution in [0, 0.1) is 0 Å². The van der Waals surface area contributed by atoms with Gasteiger partial charge in [0, 0.05) is 6.42 Å². The molecular weight excluding hydrogens is 230 g/mol. The van der Waals surface area contributed by atoms with E-state index in [4.69, 9.17) is 0 Å². The molecule has 18 heavy (non-hydrogen) atoms. The van der Waals surface area contributed by atoms with Crippen LogP contribution in [0.25, 0.3) is 0 Å². The van der Waals surface area contributed by atoms with Gasteiger partial charge >= 0.3 is 0 Å². The van der Waals surface area contributed by atoms with Gasteiger partial charge in [0.2, 0.25) is 0 Å². The predicted octanol–water partition coefficient (Wildman–Crippen LogP) is 2.64. The first-order valence-corrected chi connectivity index (χ1v) is 6.89. The number of rotatable bonds is 8. The average molecular weight is 253 g/mol. The maximum atomic E-state index is 11.9. The first-order valence-electron chi connectivity index (χ1n) is 6.89. The largest absolute Gasteiger partial charge is 0.509 e. The van der Waals surface area contributed by atoms with E-state index in [1.54, 1.807) is 0 Å². The van der Waals surface area contributed by atoms with Crippen molar-refractivity contribution in [1.29, 1.82) is 0 Å². The van der Waals surface area contributed by atoms with E-state index < -0.39 is 5.91 Å². The standard InChI is InChI=1S/C14H23NO3/c1-3-5-6-7-8-9-11(16)12-13(17)10(4-2)15-14(12)18/h10,17H,3-9H2,1-2H3,(H,15,18). The van der Waals surface area contributed by atoms with Crippen molar-refractivity contribution in [3.8, 4) is 0 Å². The fourth-order valence-electron chi connectivity index (χ4n) is 2.17. The average Bonchev–Trinajstić information content (AvgIpc) is 2.63. The highest BCUT2D eigenvalue weighted by Gasteiger charge is 2.34. The van der Waals surface area contributed by atoms with Crippen LogP contribution in [0.5, 0.6) is 0 Å². The molecule has 0 aromatic carbocycles. The van der Waals surface area contributed by atoms with E-state index >= 15 is 0 Å². The molecule has 0 aromatic heterocycles. The van der Waals surface area contributed by atoms with Crippen molar-refractivity contribution in [3.05, 3.63) is 11.3 Å². The Morgan fingerprint density at radius 2 is 1.89 bits per heavy atom. The molecule has 1 aliphatic heterocycles. The number of unbranched alkanes of at least 4 members (excludes halogenated alkanes) is 4. The Bertz CT molecular complexity index is 347. The van der Waals surface area contributed by atoms with E-state index in [0.717, 1.165) is 19.3 Å². The fraction of sp³-hybridized carbons (Fsp3) is 0.714. The molecule has 0 spiro atoms. The summed E-state index contributed by atoms with van der Waals surface area (Å²) >= 11 is 0. The molecule has 1 amide bonds. The smallest absolute Gasteiger partial charge is 0.259 e. The minimum absolute atomic E-state index is 0.0164. The van der Waals surface area contributed by atoms with Gasteiger partial charge in [-0.1, -0.05) is 39.5 Å². The summed E-state index contributed by atoms with van der Waals surface area (Å²) in [6, 6.07) is -0.378. The highest BCUT2D eigenvalue weighted by molar-refractivity contribution is 6.21. The Morgan fingerprint density at radius 3 is 2.44 bits per heavy atom. The van der Waals surface area contributed by atoms with E-state index in [2.05, 4.69) is 12.2 Å². The lowest BCUT2D eigenvalue weighted by Gasteiger charge is -2.05. The number of amides is 1. The number of carbonyl (C=O) groups excluding carboxylic acids is 2. The van der Waals surface area contributed by atoms with E-state index in [1.165, 1.54) is 12.8 Å². The van der Waals surface area contributed by atoms with Crippen molar-refractivity contribution in [1.82, 2.24) is 5.32 Å². The lowest BCUT2D eigenvalue weighted by molar-refractivity contribution is -0.122. The zero-order valence-corrected chi connectivity index (χ0v) is 11.3. The van der Waals surface area contributed by atoms with Crippen LogP contribution in [-0.2, 0) is 9.59 Å².